The molecule has 0 unspecified atom stereocenters. The van der Waals surface area contributed by atoms with Crippen LogP contribution in [0.3, 0.4) is 0 Å². The first kappa shape index (κ1) is 16.8. The first-order valence-corrected chi connectivity index (χ1v) is 8.61. The standard InChI is InChI=1S/C18H14Cl2N4O2/c19-12-2-1-3-13(20)17(12)24-18-21-7-6-16(23-18)22-9-11-4-5-14-15(8-11)26-10-25-14/h1-8H,9-10H2,(H2,21,22,23,24). The summed E-state index contributed by atoms with van der Waals surface area (Å²) in [5, 5.41) is 7.30. The van der Waals surface area contributed by atoms with Gasteiger partial charge in [-0.25, -0.2) is 4.98 Å². The molecule has 1 aromatic heterocycles. The fourth-order valence-corrected chi connectivity index (χ4v) is 2.98. The summed E-state index contributed by atoms with van der Waals surface area (Å²) >= 11 is 12.3. The lowest BCUT2D eigenvalue weighted by atomic mass is 10.2. The zero-order chi connectivity index (χ0) is 17.9. The summed E-state index contributed by atoms with van der Waals surface area (Å²) in [7, 11) is 0. The van der Waals surface area contributed by atoms with E-state index in [0.717, 1.165) is 17.1 Å². The fraction of sp³-hybridized carbons (Fsp3) is 0.111. The van der Waals surface area contributed by atoms with Crippen molar-refractivity contribution in [3.05, 3.63) is 64.3 Å². The van der Waals surface area contributed by atoms with Gasteiger partial charge in [-0.3, -0.25) is 0 Å². The molecule has 1 aliphatic rings. The third-order valence-corrected chi connectivity index (χ3v) is 4.40. The predicted molar refractivity (Wildman–Crippen MR) is 102 cm³/mol. The summed E-state index contributed by atoms with van der Waals surface area (Å²) in [4.78, 5) is 8.63. The molecular weight excluding hydrogens is 375 g/mol. The molecule has 0 saturated carbocycles. The molecule has 0 fully saturated rings. The van der Waals surface area contributed by atoms with Gasteiger partial charge in [0.2, 0.25) is 12.7 Å². The lowest BCUT2D eigenvalue weighted by Crippen LogP contribution is -2.04. The average molecular weight is 389 g/mol. The Kier molecular flexibility index (Phi) is 4.69. The summed E-state index contributed by atoms with van der Waals surface area (Å²) in [5.74, 6) is 2.58. The highest BCUT2D eigenvalue weighted by Gasteiger charge is 2.13. The minimum atomic E-state index is 0.262. The molecule has 2 N–H and O–H groups in total. The van der Waals surface area contributed by atoms with Crippen LogP contribution in [0.25, 0.3) is 0 Å². The molecule has 0 radical (unpaired) electrons. The number of nitrogens with one attached hydrogen (secondary N) is 2. The molecule has 1 aliphatic heterocycles. The molecule has 0 saturated heterocycles. The maximum absolute atomic E-state index is 6.17. The van der Waals surface area contributed by atoms with Gasteiger partial charge in [0.1, 0.15) is 5.82 Å². The molecule has 6 nitrogen and oxygen atoms in total. The third-order valence-electron chi connectivity index (χ3n) is 3.77. The maximum atomic E-state index is 6.17. The molecule has 2 heterocycles. The molecule has 3 aromatic rings. The second-order valence-electron chi connectivity index (χ2n) is 5.53. The van der Waals surface area contributed by atoms with Crippen molar-refractivity contribution in [3.8, 4) is 11.5 Å². The molecule has 0 bridgehead atoms. The van der Waals surface area contributed by atoms with Crippen molar-refractivity contribution in [2.75, 3.05) is 17.4 Å². The Balaban J connectivity index is 1.46. The Morgan fingerprint density at radius 3 is 2.65 bits per heavy atom. The number of fused-ring (bicyclic) bond motifs is 1. The van der Waals surface area contributed by atoms with E-state index in [-0.39, 0.29) is 6.79 Å². The number of ether oxygens (including phenoxy) is 2. The van der Waals surface area contributed by atoms with Crippen molar-refractivity contribution in [3.63, 3.8) is 0 Å². The van der Waals surface area contributed by atoms with Crippen molar-refractivity contribution in [2.45, 2.75) is 6.54 Å². The summed E-state index contributed by atoms with van der Waals surface area (Å²) in [5.41, 5.74) is 1.63. The Labute approximate surface area is 160 Å². The quantitative estimate of drug-likeness (QED) is 0.649. The van der Waals surface area contributed by atoms with Crippen LogP contribution in [-0.4, -0.2) is 16.8 Å². The highest BCUT2D eigenvalue weighted by atomic mass is 35.5. The van der Waals surface area contributed by atoms with Crippen molar-refractivity contribution >= 4 is 40.7 Å². The third kappa shape index (κ3) is 3.61. The van der Waals surface area contributed by atoms with E-state index in [0.29, 0.717) is 34.0 Å². The number of aromatic nitrogens is 2. The van der Waals surface area contributed by atoms with Crippen LogP contribution in [0.4, 0.5) is 17.5 Å². The number of para-hydroxylation sites is 1. The summed E-state index contributed by atoms with van der Waals surface area (Å²) < 4.78 is 10.7. The van der Waals surface area contributed by atoms with Gasteiger partial charge >= 0.3 is 0 Å². The van der Waals surface area contributed by atoms with Gasteiger partial charge in [0.05, 0.1) is 15.7 Å². The van der Waals surface area contributed by atoms with Crippen LogP contribution in [0.5, 0.6) is 11.5 Å². The molecule has 132 valence electrons. The number of hydrogen-bond acceptors (Lipinski definition) is 6. The van der Waals surface area contributed by atoms with E-state index in [1.165, 1.54) is 0 Å². The number of nitrogens with zero attached hydrogens (tertiary/aromatic N) is 2. The van der Waals surface area contributed by atoms with Gasteiger partial charge in [-0.2, -0.15) is 4.98 Å². The second kappa shape index (κ2) is 7.27. The van der Waals surface area contributed by atoms with Crippen molar-refractivity contribution in [1.82, 2.24) is 9.97 Å². The number of halogens is 2. The van der Waals surface area contributed by atoms with Gasteiger partial charge in [0.15, 0.2) is 11.5 Å². The van der Waals surface area contributed by atoms with Crippen molar-refractivity contribution < 1.29 is 9.47 Å². The minimum absolute atomic E-state index is 0.262. The normalized spacial score (nSPS) is 12.1. The van der Waals surface area contributed by atoms with Crippen molar-refractivity contribution in [2.24, 2.45) is 0 Å². The lowest BCUT2D eigenvalue weighted by Gasteiger charge is -2.11. The minimum Gasteiger partial charge on any atom is -0.454 e. The smallest absolute Gasteiger partial charge is 0.231 e. The molecule has 8 heteroatoms. The summed E-state index contributed by atoms with van der Waals surface area (Å²) in [6.07, 6.45) is 1.65. The highest BCUT2D eigenvalue weighted by Crippen LogP contribution is 2.33. The van der Waals surface area contributed by atoms with E-state index in [1.54, 1.807) is 30.5 Å². The van der Waals surface area contributed by atoms with E-state index in [2.05, 4.69) is 20.6 Å². The van der Waals surface area contributed by atoms with Crippen LogP contribution in [0.1, 0.15) is 5.56 Å². The highest BCUT2D eigenvalue weighted by molar-refractivity contribution is 6.39. The van der Waals surface area contributed by atoms with E-state index in [1.807, 2.05) is 18.2 Å². The molecule has 2 aromatic carbocycles. The lowest BCUT2D eigenvalue weighted by molar-refractivity contribution is 0.174. The van der Waals surface area contributed by atoms with Crippen LogP contribution in [-0.2, 0) is 6.54 Å². The molecule has 0 atom stereocenters. The van der Waals surface area contributed by atoms with Crippen LogP contribution in [0.2, 0.25) is 10.0 Å². The SMILES string of the molecule is Clc1cccc(Cl)c1Nc1nccc(NCc2ccc3c(c2)OCO3)n1. The number of rotatable bonds is 5. The first-order valence-electron chi connectivity index (χ1n) is 7.85. The molecule has 0 amide bonds. The van der Waals surface area contributed by atoms with E-state index in [9.17, 15) is 0 Å². The van der Waals surface area contributed by atoms with Gasteiger partial charge in [0, 0.05) is 12.7 Å². The van der Waals surface area contributed by atoms with Crippen LogP contribution >= 0.6 is 23.2 Å². The molecule has 26 heavy (non-hydrogen) atoms. The van der Waals surface area contributed by atoms with Gasteiger partial charge in [-0.15, -0.1) is 0 Å². The van der Waals surface area contributed by atoms with Gasteiger partial charge in [-0.05, 0) is 35.9 Å². The van der Waals surface area contributed by atoms with E-state index >= 15 is 0 Å². The predicted octanol–water partition coefficient (Wildman–Crippen LogP) is 4.87. The number of anilines is 3. The maximum Gasteiger partial charge on any atom is 0.231 e. The first-order chi connectivity index (χ1) is 12.7. The van der Waals surface area contributed by atoms with Gasteiger partial charge in [0.25, 0.3) is 0 Å². The van der Waals surface area contributed by atoms with Gasteiger partial charge in [-0.1, -0.05) is 35.3 Å². The molecule has 4 rings (SSSR count). The van der Waals surface area contributed by atoms with Crippen molar-refractivity contribution in [1.29, 1.82) is 0 Å². The molecule has 0 spiro atoms. The van der Waals surface area contributed by atoms with E-state index < -0.39 is 0 Å². The zero-order valence-corrected chi connectivity index (χ0v) is 15.0. The van der Waals surface area contributed by atoms with Gasteiger partial charge < -0.3 is 20.1 Å². The topological polar surface area (TPSA) is 68.3 Å². The zero-order valence-electron chi connectivity index (χ0n) is 13.5. The number of hydrogen-bond donors (Lipinski definition) is 2. The summed E-state index contributed by atoms with van der Waals surface area (Å²) in [6.45, 7) is 0.845. The fourth-order valence-electron chi connectivity index (χ4n) is 2.49. The monoisotopic (exact) mass is 388 g/mol. The largest absolute Gasteiger partial charge is 0.454 e. The van der Waals surface area contributed by atoms with Crippen LogP contribution < -0.4 is 20.1 Å². The van der Waals surface area contributed by atoms with E-state index in [4.69, 9.17) is 32.7 Å². The molecule has 0 aliphatic carbocycles. The second-order valence-corrected chi connectivity index (χ2v) is 6.34. The van der Waals surface area contributed by atoms with Crippen LogP contribution in [0.15, 0.2) is 48.7 Å². The number of benzene rings is 2. The Hall–Kier alpha value is -2.70. The average Bonchev–Trinajstić information content (AvgIpc) is 3.11. The summed E-state index contributed by atoms with van der Waals surface area (Å²) in [6, 6.07) is 12.9. The Morgan fingerprint density at radius 2 is 1.81 bits per heavy atom. The van der Waals surface area contributed by atoms with Crippen LogP contribution in [0, 0.1) is 0 Å². The Bertz CT molecular complexity index is 932. The molecular formula is C18H14Cl2N4O2. The Morgan fingerprint density at radius 1 is 1.00 bits per heavy atom.